The summed E-state index contributed by atoms with van der Waals surface area (Å²) in [5.41, 5.74) is -0.811. The number of rotatable bonds is 3. The van der Waals surface area contributed by atoms with Gasteiger partial charge in [-0.3, -0.25) is 13.6 Å². The van der Waals surface area contributed by atoms with E-state index in [2.05, 4.69) is 4.98 Å². The van der Waals surface area contributed by atoms with Gasteiger partial charge in [-0.25, -0.2) is 4.98 Å². The van der Waals surface area contributed by atoms with Gasteiger partial charge in [0.25, 0.3) is 5.56 Å². The van der Waals surface area contributed by atoms with Crippen molar-refractivity contribution in [3.63, 3.8) is 0 Å². The summed E-state index contributed by atoms with van der Waals surface area (Å²) in [6.07, 6.45) is -1.60. The Bertz CT molecular complexity index is 1030. The molecule has 25 heavy (non-hydrogen) atoms. The number of alkyl halides is 3. The van der Waals surface area contributed by atoms with Crippen LogP contribution in [-0.4, -0.2) is 20.0 Å². The molecule has 0 N–H and O–H groups in total. The molecule has 0 fully saturated rings. The molecule has 4 nitrogen and oxygen atoms in total. The van der Waals surface area contributed by atoms with Crippen LogP contribution in [0, 0.1) is 0 Å². The molecule has 0 radical (unpaired) electrons. The van der Waals surface area contributed by atoms with E-state index in [1.807, 2.05) is 0 Å². The third-order valence-electron chi connectivity index (χ3n) is 3.63. The van der Waals surface area contributed by atoms with E-state index in [0.29, 0.717) is 5.39 Å². The van der Waals surface area contributed by atoms with Crippen LogP contribution in [0.2, 0.25) is 0 Å². The van der Waals surface area contributed by atoms with Gasteiger partial charge in [-0.05, 0) is 36.4 Å². The molecule has 1 unspecified atom stereocenters. The van der Waals surface area contributed by atoms with E-state index in [9.17, 15) is 22.2 Å². The number of pyridine rings is 2. The Balaban J connectivity index is 2.33. The number of nitrogens with zero attached hydrogens (tertiary/aromatic N) is 2. The van der Waals surface area contributed by atoms with Crippen molar-refractivity contribution in [3.8, 4) is 5.69 Å². The van der Waals surface area contributed by atoms with Crippen molar-refractivity contribution in [1.82, 2.24) is 9.55 Å². The number of halogens is 3. The summed E-state index contributed by atoms with van der Waals surface area (Å²) >= 11 is 0. The second kappa shape index (κ2) is 6.44. The zero-order chi connectivity index (χ0) is 18.2. The lowest BCUT2D eigenvalue weighted by molar-refractivity contribution is -0.137. The Kier molecular flexibility index (Phi) is 4.47. The van der Waals surface area contributed by atoms with E-state index in [0.717, 1.165) is 16.7 Å². The van der Waals surface area contributed by atoms with Crippen molar-refractivity contribution in [2.75, 3.05) is 6.26 Å². The zero-order valence-electron chi connectivity index (χ0n) is 13.1. The van der Waals surface area contributed by atoms with Gasteiger partial charge in [-0.15, -0.1) is 0 Å². The average Bonchev–Trinajstić information content (AvgIpc) is 2.54. The number of hydrogen-bond donors (Lipinski definition) is 0. The first-order valence-electron chi connectivity index (χ1n) is 7.24. The topological polar surface area (TPSA) is 52.0 Å². The fourth-order valence-corrected chi connectivity index (χ4v) is 3.23. The predicted octanol–water partition coefficient (Wildman–Crippen LogP) is 3.28. The second-order valence-electron chi connectivity index (χ2n) is 5.49. The standard InChI is InChI=1S/C17H13F3N2O2S/c1-25(24)10-12-8-11-4-3-7-21-15(11)22(16(12)23)14-6-2-5-13(9-14)17(18,19)20/h2-9H,10H2,1H3. The largest absolute Gasteiger partial charge is 0.416 e. The van der Waals surface area contributed by atoms with Crippen molar-refractivity contribution in [2.45, 2.75) is 11.9 Å². The Labute approximate surface area is 143 Å². The molecule has 1 atom stereocenters. The minimum absolute atomic E-state index is 0.0165. The van der Waals surface area contributed by atoms with Crippen molar-refractivity contribution < 1.29 is 17.4 Å². The van der Waals surface area contributed by atoms with E-state index in [4.69, 9.17) is 0 Å². The summed E-state index contributed by atoms with van der Waals surface area (Å²) in [6, 6.07) is 9.44. The first kappa shape index (κ1) is 17.3. The lowest BCUT2D eigenvalue weighted by atomic mass is 10.1. The molecular formula is C17H13F3N2O2S. The molecule has 0 spiro atoms. The lowest BCUT2D eigenvalue weighted by Gasteiger charge is -2.14. The summed E-state index contributed by atoms with van der Waals surface area (Å²) < 4.78 is 51.7. The van der Waals surface area contributed by atoms with Crippen molar-refractivity contribution in [3.05, 3.63) is 70.1 Å². The molecule has 130 valence electrons. The van der Waals surface area contributed by atoms with Gasteiger partial charge in [0.2, 0.25) is 0 Å². The molecule has 0 amide bonds. The molecule has 3 rings (SSSR count). The van der Waals surface area contributed by atoms with Crippen molar-refractivity contribution >= 4 is 21.8 Å². The fourth-order valence-electron chi connectivity index (χ4n) is 2.58. The summed E-state index contributed by atoms with van der Waals surface area (Å²) in [7, 11) is -1.27. The zero-order valence-corrected chi connectivity index (χ0v) is 13.9. The maximum atomic E-state index is 13.0. The SMILES string of the molecule is CS(=O)Cc1cc2cccnc2n(-c2cccc(C(F)(F)F)c2)c1=O. The molecular weight excluding hydrogens is 353 g/mol. The van der Waals surface area contributed by atoms with E-state index >= 15 is 0 Å². The highest BCUT2D eigenvalue weighted by molar-refractivity contribution is 7.83. The van der Waals surface area contributed by atoms with Crippen LogP contribution in [0.1, 0.15) is 11.1 Å². The molecule has 0 saturated heterocycles. The highest BCUT2D eigenvalue weighted by Gasteiger charge is 2.30. The Morgan fingerprint density at radius 3 is 2.60 bits per heavy atom. The minimum atomic E-state index is -4.52. The third kappa shape index (κ3) is 3.48. The lowest BCUT2D eigenvalue weighted by Crippen LogP contribution is -2.24. The summed E-state index contributed by atoms with van der Waals surface area (Å²) in [6.45, 7) is 0. The summed E-state index contributed by atoms with van der Waals surface area (Å²) in [4.78, 5) is 16.9. The molecule has 1 aromatic carbocycles. The Morgan fingerprint density at radius 1 is 1.16 bits per heavy atom. The van der Waals surface area contributed by atoms with Gasteiger partial charge in [-0.2, -0.15) is 13.2 Å². The van der Waals surface area contributed by atoms with Crippen LogP contribution in [0.3, 0.4) is 0 Å². The predicted molar refractivity (Wildman–Crippen MR) is 90.1 cm³/mol. The van der Waals surface area contributed by atoms with Gasteiger partial charge in [0.15, 0.2) is 0 Å². The average molecular weight is 366 g/mol. The van der Waals surface area contributed by atoms with Crippen LogP contribution in [0.15, 0.2) is 53.5 Å². The van der Waals surface area contributed by atoms with Crippen LogP contribution in [0.5, 0.6) is 0 Å². The molecule has 2 aromatic heterocycles. The summed E-state index contributed by atoms with van der Waals surface area (Å²) in [5, 5.41) is 0.583. The number of aromatic nitrogens is 2. The van der Waals surface area contributed by atoms with Gasteiger partial charge in [-0.1, -0.05) is 6.07 Å². The van der Waals surface area contributed by atoms with E-state index in [1.165, 1.54) is 24.6 Å². The molecule has 8 heteroatoms. The molecule has 0 aliphatic heterocycles. The number of benzene rings is 1. The van der Waals surface area contributed by atoms with E-state index in [-0.39, 0.29) is 22.7 Å². The fraction of sp³-hybridized carbons (Fsp3) is 0.176. The Hall–Kier alpha value is -2.48. The van der Waals surface area contributed by atoms with Gasteiger partial charge in [0.1, 0.15) is 5.65 Å². The van der Waals surface area contributed by atoms with Crippen LogP contribution in [0.25, 0.3) is 16.7 Å². The van der Waals surface area contributed by atoms with Gasteiger partial charge in [0.05, 0.1) is 17.0 Å². The monoisotopic (exact) mass is 366 g/mol. The van der Waals surface area contributed by atoms with Crippen LogP contribution < -0.4 is 5.56 Å². The van der Waals surface area contributed by atoms with Gasteiger partial charge >= 0.3 is 6.18 Å². The third-order valence-corrected chi connectivity index (χ3v) is 4.34. The maximum Gasteiger partial charge on any atom is 0.416 e. The highest BCUT2D eigenvalue weighted by atomic mass is 32.2. The number of hydrogen-bond acceptors (Lipinski definition) is 3. The van der Waals surface area contributed by atoms with E-state index in [1.54, 1.807) is 18.2 Å². The highest BCUT2D eigenvalue weighted by Crippen LogP contribution is 2.30. The number of fused-ring (bicyclic) bond motifs is 1. The van der Waals surface area contributed by atoms with Crippen LogP contribution in [0.4, 0.5) is 13.2 Å². The first-order chi connectivity index (χ1) is 11.8. The maximum absolute atomic E-state index is 13.0. The Morgan fingerprint density at radius 2 is 1.92 bits per heavy atom. The van der Waals surface area contributed by atoms with Crippen molar-refractivity contribution in [1.29, 1.82) is 0 Å². The second-order valence-corrected chi connectivity index (χ2v) is 6.93. The normalized spacial score (nSPS) is 13.1. The quantitative estimate of drug-likeness (QED) is 0.715. The van der Waals surface area contributed by atoms with Crippen LogP contribution >= 0.6 is 0 Å². The molecule has 0 saturated carbocycles. The van der Waals surface area contributed by atoms with Gasteiger partial charge in [0, 0.05) is 34.2 Å². The first-order valence-corrected chi connectivity index (χ1v) is 8.97. The van der Waals surface area contributed by atoms with Gasteiger partial charge < -0.3 is 0 Å². The molecule has 0 aliphatic rings. The van der Waals surface area contributed by atoms with Crippen LogP contribution in [-0.2, 0) is 22.7 Å². The smallest absolute Gasteiger partial charge is 0.269 e. The van der Waals surface area contributed by atoms with Crippen molar-refractivity contribution in [2.24, 2.45) is 0 Å². The molecule has 0 aliphatic carbocycles. The van der Waals surface area contributed by atoms with E-state index < -0.39 is 28.1 Å². The minimum Gasteiger partial charge on any atom is -0.269 e. The summed E-state index contributed by atoms with van der Waals surface area (Å²) in [5.74, 6) is 0.0165. The molecule has 0 bridgehead atoms. The molecule has 3 aromatic rings. The molecule has 2 heterocycles.